The van der Waals surface area contributed by atoms with E-state index >= 15 is 0 Å². The van der Waals surface area contributed by atoms with Crippen molar-refractivity contribution in [3.8, 4) is 5.75 Å². The molecule has 0 fully saturated rings. The molecule has 0 radical (unpaired) electrons. The van der Waals surface area contributed by atoms with Gasteiger partial charge in [0.05, 0.1) is 0 Å². The third-order valence-corrected chi connectivity index (χ3v) is 3.78. The van der Waals surface area contributed by atoms with Crippen molar-refractivity contribution in [2.75, 3.05) is 0 Å². The molecular formula is C20H21NO5. The Morgan fingerprint density at radius 3 is 2.27 bits per heavy atom. The number of aliphatic carboxylic acids is 1. The molecule has 0 unspecified atom stereocenters. The maximum absolute atomic E-state index is 12.2. The Balaban J connectivity index is 1.90. The largest absolute Gasteiger partial charge is 0.480 e. The summed E-state index contributed by atoms with van der Waals surface area (Å²) in [6.07, 6.45) is 1.73. The molecule has 2 aromatic carbocycles. The maximum atomic E-state index is 12.2. The molecule has 26 heavy (non-hydrogen) atoms. The number of carboxylic acid groups (broad SMARTS) is 1. The molecule has 1 amide bonds. The Labute approximate surface area is 151 Å². The predicted octanol–water partition coefficient (Wildman–Crippen LogP) is 2.82. The van der Waals surface area contributed by atoms with Gasteiger partial charge in [0.2, 0.25) is 0 Å². The number of rotatable bonds is 8. The first kappa shape index (κ1) is 19.2. The van der Waals surface area contributed by atoms with Crippen LogP contribution in [0.25, 0.3) is 0 Å². The van der Waals surface area contributed by atoms with Gasteiger partial charge in [-0.1, -0.05) is 30.3 Å². The average Bonchev–Trinajstić information content (AvgIpc) is 2.61. The van der Waals surface area contributed by atoms with E-state index in [1.165, 1.54) is 31.2 Å². The molecule has 0 saturated heterocycles. The van der Waals surface area contributed by atoms with Crippen molar-refractivity contribution in [3.05, 3.63) is 65.7 Å². The minimum atomic E-state index is -1.07. The highest BCUT2D eigenvalue weighted by Crippen LogP contribution is 2.13. The number of carbonyl (C=O) groups excluding carboxylic acids is 2. The van der Waals surface area contributed by atoms with E-state index in [0.29, 0.717) is 24.2 Å². The molecule has 6 nitrogen and oxygen atoms in total. The molecule has 2 N–H and O–H groups in total. The van der Waals surface area contributed by atoms with E-state index in [9.17, 15) is 19.5 Å². The third kappa shape index (κ3) is 6.05. The predicted molar refractivity (Wildman–Crippen MR) is 96.0 cm³/mol. The topological polar surface area (TPSA) is 92.7 Å². The van der Waals surface area contributed by atoms with Gasteiger partial charge in [0.1, 0.15) is 11.8 Å². The Hall–Kier alpha value is -3.15. The molecular weight excluding hydrogens is 334 g/mol. The molecule has 0 heterocycles. The minimum Gasteiger partial charge on any atom is -0.480 e. The standard InChI is InChI=1S/C20H21NO5/c1-14(22)26-17-12-10-16(11-13-17)19(23)21-18(20(24)25)9-5-8-15-6-3-2-4-7-15/h2-4,6-7,10-13,18H,5,8-9H2,1H3,(H,21,23)(H,24,25)/t18-/m1/s1. The quantitative estimate of drug-likeness (QED) is 0.561. The normalized spacial score (nSPS) is 11.4. The molecule has 2 rings (SSSR count). The summed E-state index contributed by atoms with van der Waals surface area (Å²) >= 11 is 0. The van der Waals surface area contributed by atoms with E-state index in [4.69, 9.17) is 4.74 Å². The molecule has 0 bridgehead atoms. The second kappa shape index (κ2) is 9.36. The van der Waals surface area contributed by atoms with Crippen molar-refractivity contribution in [2.45, 2.75) is 32.2 Å². The van der Waals surface area contributed by atoms with Crippen molar-refractivity contribution >= 4 is 17.8 Å². The summed E-state index contributed by atoms with van der Waals surface area (Å²) in [5, 5.41) is 11.9. The number of hydrogen-bond donors (Lipinski definition) is 2. The second-order valence-corrected chi connectivity index (χ2v) is 5.86. The van der Waals surface area contributed by atoms with E-state index in [1.807, 2.05) is 30.3 Å². The fourth-order valence-corrected chi connectivity index (χ4v) is 2.49. The Morgan fingerprint density at radius 1 is 1.04 bits per heavy atom. The summed E-state index contributed by atoms with van der Waals surface area (Å²) < 4.78 is 4.90. The van der Waals surface area contributed by atoms with Gasteiger partial charge < -0.3 is 15.2 Å². The summed E-state index contributed by atoms with van der Waals surface area (Å²) in [5.41, 5.74) is 1.43. The van der Waals surface area contributed by atoms with Crippen molar-refractivity contribution in [3.63, 3.8) is 0 Å². The first-order valence-corrected chi connectivity index (χ1v) is 8.32. The van der Waals surface area contributed by atoms with E-state index in [0.717, 1.165) is 12.0 Å². The first-order valence-electron chi connectivity index (χ1n) is 8.32. The zero-order valence-corrected chi connectivity index (χ0v) is 14.5. The van der Waals surface area contributed by atoms with Gasteiger partial charge in [0.15, 0.2) is 0 Å². The smallest absolute Gasteiger partial charge is 0.326 e. The van der Waals surface area contributed by atoms with Crippen molar-refractivity contribution in [2.24, 2.45) is 0 Å². The number of benzene rings is 2. The van der Waals surface area contributed by atoms with Crippen LogP contribution in [0.5, 0.6) is 5.75 Å². The van der Waals surface area contributed by atoms with Gasteiger partial charge in [-0.05, 0) is 49.1 Å². The Kier molecular flexibility index (Phi) is 6.91. The summed E-state index contributed by atoms with van der Waals surface area (Å²) in [6, 6.07) is 14.8. The van der Waals surface area contributed by atoms with E-state index < -0.39 is 23.9 Å². The number of nitrogens with one attached hydrogen (secondary N) is 1. The van der Waals surface area contributed by atoms with Crippen LogP contribution in [-0.2, 0) is 16.0 Å². The fourth-order valence-electron chi connectivity index (χ4n) is 2.49. The molecule has 0 spiro atoms. The molecule has 0 aromatic heterocycles. The van der Waals surface area contributed by atoms with Crippen molar-refractivity contribution < 1.29 is 24.2 Å². The zero-order valence-electron chi connectivity index (χ0n) is 14.5. The van der Waals surface area contributed by atoms with Gasteiger partial charge in [0, 0.05) is 12.5 Å². The third-order valence-electron chi connectivity index (χ3n) is 3.78. The minimum absolute atomic E-state index is 0.301. The SMILES string of the molecule is CC(=O)Oc1ccc(C(=O)N[C@H](CCCc2ccccc2)C(=O)O)cc1. The van der Waals surface area contributed by atoms with Crippen molar-refractivity contribution in [1.82, 2.24) is 5.32 Å². The lowest BCUT2D eigenvalue weighted by Gasteiger charge is -2.14. The second-order valence-electron chi connectivity index (χ2n) is 5.86. The molecule has 1 atom stereocenters. The van der Waals surface area contributed by atoms with Crippen LogP contribution in [0, 0.1) is 0 Å². The lowest BCUT2D eigenvalue weighted by Crippen LogP contribution is -2.40. The number of ether oxygens (including phenoxy) is 1. The first-order chi connectivity index (χ1) is 12.5. The highest BCUT2D eigenvalue weighted by atomic mass is 16.5. The lowest BCUT2D eigenvalue weighted by atomic mass is 10.0. The van der Waals surface area contributed by atoms with Crippen LogP contribution in [-0.4, -0.2) is 29.0 Å². The summed E-state index contributed by atoms with van der Waals surface area (Å²) in [6.45, 7) is 1.29. The Morgan fingerprint density at radius 2 is 1.69 bits per heavy atom. The summed E-state index contributed by atoms with van der Waals surface area (Å²) in [5.74, 6) is -1.67. The van der Waals surface area contributed by atoms with E-state index in [1.54, 1.807) is 0 Å². The fraction of sp³-hybridized carbons (Fsp3) is 0.250. The molecule has 0 saturated carbocycles. The number of carboxylic acids is 1. The van der Waals surface area contributed by atoms with Crippen LogP contribution >= 0.6 is 0 Å². The maximum Gasteiger partial charge on any atom is 0.326 e. The van der Waals surface area contributed by atoms with Gasteiger partial charge >= 0.3 is 11.9 Å². The summed E-state index contributed by atoms with van der Waals surface area (Å²) in [4.78, 5) is 34.5. The average molecular weight is 355 g/mol. The van der Waals surface area contributed by atoms with Gasteiger partial charge in [-0.3, -0.25) is 9.59 Å². The van der Waals surface area contributed by atoms with Gasteiger partial charge in [-0.2, -0.15) is 0 Å². The number of hydrogen-bond acceptors (Lipinski definition) is 4. The monoisotopic (exact) mass is 355 g/mol. The molecule has 136 valence electrons. The molecule has 0 aliphatic carbocycles. The van der Waals surface area contributed by atoms with Crippen LogP contribution in [0.15, 0.2) is 54.6 Å². The highest BCUT2D eigenvalue weighted by Gasteiger charge is 2.20. The lowest BCUT2D eigenvalue weighted by molar-refractivity contribution is -0.139. The van der Waals surface area contributed by atoms with Crippen LogP contribution < -0.4 is 10.1 Å². The van der Waals surface area contributed by atoms with Crippen LogP contribution in [0.1, 0.15) is 35.7 Å². The Bertz CT molecular complexity index is 756. The van der Waals surface area contributed by atoms with Gasteiger partial charge in [-0.15, -0.1) is 0 Å². The van der Waals surface area contributed by atoms with Crippen molar-refractivity contribution in [1.29, 1.82) is 0 Å². The number of aryl methyl sites for hydroxylation is 1. The summed E-state index contributed by atoms with van der Waals surface area (Å²) in [7, 11) is 0. The molecule has 0 aliphatic heterocycles. The van der Waals surface area contributed by atoms with E-state index in [-0.39, 0.29) is 0 Å². The number of amides is 1. The molecule has 6 heteroatoms. The van der Waals surface area contributed by atoms with Crippen LogP contribution in [0.4, 0.5) is 0 Å². The zero-order chi connectivity index (χ0) is 18.9. The van der Waals surface area contributed by atoms with Gasteiger partial charge in [-0.25, -0.2) is 4.79 Å². The molecule has 0 aliphatic rings. The van der Waals surface area contributed by atoms with E-state index in [2.05, 4.69) is 5.32 Å². The van der Waals surface area contributed by atoms with Gasteiger partial charge in [0.25, 0.3) is 5.91 Å². The highest BCUT2D eigenvalue weighted by molar-refractivity contribution is 5.96. The molecule has 2 aromatic rings. The van der Waals surface area contributed by atoms with Crippen LogP contribution in [0.3, 0.4) is 0 Å². The van der Waals surface area contributed by atoms with Crippen LogP contribution in [0.2, 0.25) is 0 Å². The number of carbonyl (C=O) groups is 3. The number of esters is 1.